The van der Waals surface area contributed by atoms with Gasteiger partial charge in [-0.2, -0.15) is 0 Å². The van der Waals surface area contributed by atoms with Crippen molar-refractivity contribution >= 4 is 5.91 Å². The number of rotatable bonds is 5. The Morgan fingerprint density at radius 3 is 2.96 bits per heavy atom. The van der Waals surface area contributed by atoms with Gasteiger partial charge in [-0.15, -0.1) is 0 Å². The second kappa shape index (κ2) is 7.88. The quantitative estimate of drug-likeness (QED) is 0.904. The number of amides is 1. The first-order chi connectivity index (χ1) is 11.2. The van der Waals surface area contributed by atoms with Gasteiger partial charge in [0.1, 0.15) is 11.9 Å². The Hall–Kier alpha value is -1.46. The van der Waals surface area contributed by atoms with Crippen LogP contribution in [0.5, 0.6) is 0 Å². The van der Waals surface area contributed by atoms with Crippen LogP contribution in [0.3, 0.4) is 0 Å². The van der Waals surface area contributed by atoms with E-state index < -0.39 is 0 Å². The number of halogens is 1. The van der Waals surface area contributed by atoms with Crippen molar-refractivity contribution in [1.29, 1.82) is 0 Å². The van der Waals surface area contributed by atoms with Crippen LogP contribution in [0.2, 0.25) is 0 Å². The first kappa shape index (κ1) is 16.4. The Bertz CT molecular complexity index is 532. The number of hydrogen-bond acceptors (Lipinski definition) is 3. The predicted octanol–water partition coefficient (Wildman–Crippen LogP) is 2.13. The van der Waals surface area contributed by atoms with Crippen molar-refractivity contribution in [1.82, 2.24) is 10.2 Å². The fourth-order valence-corrected chi connectivity index (χ4v) is 3.66. The lowest BCUT2D eigenvalue weighted by atomic mass is 10.1. The van der Waals surface area contributed by atoms with Gasteiger partial charge in [0.05, 0.1) is 13.2 Å². The Morgan fingerprint density at radius 1 is 1.35 bits per heavy atom. The predicted molar refractivity (Wildman–Crippen MR) is 86.7 cm³/mol. The van der Waals surface area contributed by atoms with Crippen molar-refractivity contribution in [3.63, 3.8) is 0 Å². The van der Waals surface area contributed by atoms with Gasteiger partial charge in [-0.05, 0) is 37.0 Å². The van der Waals surface area contributed by atoms with E-state index in [2.05, 4.69) is 10.2 Å². The first-order valence-corrected chi connectivity index (χ1v) is 8.59. The molecule has 2 aliphatic rings. The maximum Gasteiger partial charge on any atom is 0.239 e. The molecule has 1 aliphatic carbocycles. The Balaban J connectivity index is 1.51. The zero-order valence-electron chi connectivity index (χ0n) is 13.5. The highest BCUT2D eigenvalue weighted by atomic mass is 19.1. The molecular formula is C18H25FN2O2. The molecule has 1 heterocycles. The number of ether oxygens (including phenoxy) is 1. The van der Waals surface area contributed by atoms with E-state index in [1.54, 1.807) is 6.07 Å². The average Bonchev–Trinajstić information content (AvgIpc) is 3.09. The summed E-state index contributed by atoms with van der Waals surface area (Å²) in [5.41, 5.74) is 0.901. The number of hydrogen-bond donors (Lipinski definition) is 1. The van der Waals surface area contributed by atoms with Gasteiger partial charge in [0.25, 0.3) is 0 Å². The van der Waals surface area contributed by atoms with Crippen LogP contribution >= 0.6 is 0 Å². The third kappa shape index (κ3) is 4.30. The van der Waals surface area contributed by atoms with Crippen LogP contribution in [0.15, 0.2) is 24.3 Å². The third-order valence-electron chi connectivity index (χ3n) is 4.87. The number of nitrogens with one attached hydrogen (secondary N) is 1. The molecule has 1 aromatic carbocycles. The lowest BCUT2D eigenvalue weighted by Gasteiger charge is -2.38. The smallest absolute Gasteiger partial charge is 0.239 e. The zero-order chi connectivity index (χ0) is 16.1. The molecule has 1 amide bonds. The van der Waals surface area contributed by atoms with Crippen molar-refractivity contribution < 1.29 is 13.9 Å². The highest BCUT2D eigenvalue weighted by Crippen LogP contribution is 2.26. The van der Waals surface area contributed by atoms with Crippen molar-refractivity contribution in [2.75, 3.05) is 26.3 Å². The van der Waals surface area contributed by atoms with Gasteiger partial charge in [-0.1, -0.05) is 25.0 Å². The molecular weight excluding hydrogens is 295 g/mol. The van der Waals surface area contributed by atoms with Crippen molar-refractivity contribution in [3.05, 3.63) is 35.6 Å². The fourth-order valence-electron chi connectivity index (χ4n) is 3.66. The molecule has 1 unspecified atom stereocenters. The molecule has 0 spiro atoms. The summed E-state index contributed by atoms with van der Waals surface area (Å²) in [6, 6.07) is 6.87. The summed E-state index contributed by atoms with van der Waals surface area (Å²) in [7, 11) is 0. The topological polar surface area (TPSA) is 41.6 Å². The fraction of sp³-hybridized carbons (Fsp3) is 0.611. The van der Waals surface area contributed by atoms with E-state index in [-0.39, 0.29) is 17.8 Å². The summed E-state index contributed by atoms with van der Waals surface area (Å²) in [6.07, 6.45) is 5.53. The Kier molecular flexibility index (Phi) is 5.62. The molecule has 23 heavy (non-hydrogen) atoms. The van der Waals surface area contributed by atoms with Gasteiger partial charge in [0, 0.05) is 19.1 Å². The van der Waals surface area contributed by atoms with E-state index in [9.17, 15) is 9.18 Å². The van der Waals surface area contributed by atoms with Gasteiger partial charge in [-0.25, -0.2) is 4.39 Å². The number of benzene rings is 1. The van der Waals surface area contributed by atoms with Crippen LogP contribution in [-0.2, 0) is 16.0 Å². The molecule has 126 valence electrons. The van der Waals surface area contributed by atoms with Crippen LogP contribution in [0.1, 0.15) is 31.2 Å². The molecule has 4 nitrogen and oxygen atoms in total. The molecule has 5 heteroatoms. The Morgan fingerprint density at radius 2 is 2.17 bits per heavy atom. The van der Waals surface area contributed by atoms with Gasteiger partial charge >= 0.3 is 0 Å². The highest BCUT2D eigenvalue weighted by Gasteiger charge is 2.35. The van der Waals surface area contributed by atoms with E-state index in [1.807, 2.05) is 6.07 Å². The maximum absolute atomic E-state index is 13.2. The molecule has 1 aromatic rings. The summed E-state index contributed by atoms with van der Waals surface area (Å²) >= 11 is 0. The number of carbonyl (C=O) groups is 1. The molecule has 1 saturated carbocycles. The third-order valence-corrected chi connectivity index (χ3v) is 4.87. The molecule has 1 N–H and O–H groups in total. The van der Waals surface area contributed by atoms with Gasteiger partial charge in [0.15, 0.2) is 0 Å². The first-order valence-electron chi connectivity index (χ1n) is 8.59. The maximum atomic E-state index is 13.2. The molecule has 1 saturated heterocycles. The summed E-state index contributed by atoms with van der Waals surface area (Å²) in [5, 5.41) is 2.99. The van der Waals surface area contributed by atoms with E-state index in [0.29, 0.717) is 32.2 Å². The second-order valence-corrected chi connectivity index (χ2v) is 6.44. The monoisotopic (exact) mass is 320 g/mol. The molecule has 0 radical (unpaired) electrons. The van der Waals surface area contributed by atoms with Crippen LogP contribution in [0, 0.1) is 5.82 Å². The minimum Gasteiger partial charge on any atom is -0.378 e. The lowest BCUT2D eigenvalue weighted by Crippen LogP contribution is -2.56. The summed E-state index contributed by atoms with van der Waals surface area (Å²) in [6.45, 7) is 2.55. The van der Waals surface area contributed by atoms with Crippen LogP contribution < -0.4 is 5.32 Å². The van der Waals surface area contributed by atoms with Gasteiger partial charge < -0.3 is 10.1 Å². The standard InChI is InChI=1S/C18H25FN2O2/c19-15-5-3-4-14(12-15)8-9-20-18(22)17-13-23-11-10-21(17)16-6-1-2-7-16/h3-5,12,16-17H,1-2,6-11,13H2,(H,20,22). The van der Waals surface area contributed by atoms with Crippen molar-refractivity contribution in [2.45, 2.75) is 44.2 Å². The SMILES string of the molecule is O=C(NCCc1cccc(F)c1)C1COCCN1C1CCCC1. The average molecular weight is 320 g/mol. The normalized spacial score (nSPS) is 23.1. The number of carbonyl (C=O) groups excluding carboxylic acids is 1. The molecule has 2 fully saturated rings. The summed E-state index contributed by atoms with van der Waals surface area (Å²) in [5.74, 6) is -0.199. The zero-order valence-corrected chi connectivity index (χ0v) is 13.5. The van der Waals surface area contributed by atoms with Gasteiger partial charge in [0.2, 0.25) is 5.91 Å². The minimum atomic E-state index is -0.234. The summed E-state index contributed by atoms with van der Waals surface area (Å²) < 4.78 is 18.7. The largest absolute Gasteiger partial charge is 0.378 e. The minimum absolute atomic E-state index is 0.0352. The molecule has 0 bridgehead atoms. The summed E-state index contributed by atoms with van der Waals surface area (Å²) in [4.78, 5) is 14.8. The molecule has 0 aromatic heterocycles. The number of morpholine rings is 1. The van der Waals surface area contributed by atoms with E-state index in [1.165, 1.54) is 37.8 Å². The molecule has 1 atom stereocenters. The lowest BCUT2D eigenvalue weighted by molar-refractivity contribution is -0.134. The van der Waals surface area contributed by atoms with Crippen LogP contribution in [0.4, 0.5) is 4.39 Å². The van der Waals surface area contributed by atoms with E-state index in [4.69, 9.17) is 4.74 Å². The van der Waals surface area contributed by atoms with Crippen molar-refractivity contribution in [3.8, 4) is 0 Å². The number of nitrogens with zero attached hydrogens (tertiary/aromatic N) is 1. The van der Waals surface area contributed by atoms with Gasteiger partial charge in [-0.3, -0.25) is 9.69 Å². The van der Waals surface area contributed by atoms with Crippen LogP contribution in [0.25, 0.3) is 0 Å². The second-order valence-electron chi connectivity index (χ2n) is 6.44. The van der Waals surface area contributed by atoms with E-state index >= 15 is 0 Å². The molecule has 1 aliphatic heterocycles. The van der Waals surface area contributed by atoms with Crippen molar-refractivity contribution in [2.24, 2.45) is 0 Å². The molecule has 3 rings (SSSR count). The Labute approximate surface area is 137 Å². The van der Waals surface area contributed by atoms with E-state index in [0.717, 1.165) is 12.1 Å². The van der Waals surface area contributed by atoms with Crippen LogP contribution in [-0.4, -0.2) is 49.2 Å². The highest BCUT2D eigenvalue weighted by molar-refractivity contribution is 5.82.